The van der Waals surface area contributed by atoms with Crippen molar-refractivity contribution in [3.05, 3.63) is 60.2 Å². The van der Waals surface area contributed by atoms with Crippen LogP contribution in [0.2, 0.25) is 0 Å². The average Bonchev–Trinajstić information content (AvgIpc) is 2.71. The summed E-state index contributed by atoms with van der Waals surface area (Å²) in [7, 11) is 0. The van der Waals surface area contributed by atoms with Crippen molar-refractivity contribution in [2.75, 3.05) is 24.7 Å². The number of para-hydroxylation sites is 2. The molecule has 0 fully saturated rings. The highest BCUT2D eigenvalue weighted by Crippen LogP contribution is 2.21. The van der Waals surface area contributed by atoms with E-state index in [1.165, 1.54) is 24.3 Å². The van der Waals surface area contributed by atoms with Gasteiger partial charge in [-0.25, -0.2) is 4.79 Å². The molecule has 29 heavy (non-hydrogen) atoms. The Morgan fingerprint density at radius 1 is 0.966 bits per heavy atom. The molecule has 0 aliphatic rings. The number of carbonyl (C=O) groups is 3. The zero-order valence-electron chi connectivity index (χ0n) is 15.5. The Morgan fingerprint density at radius 3 is 2.28 bits per heavy atom. The first-order valence-electron chi connectivity index (χ1n) is 8.64. The van der Waals surface area contributed by atoms with Crippen LogP contribution in [0.1, 0.15) is 17.3 Å². The molecule has 2 rings (SSSR count). The van der Waals surface area contributed by atoms with Gasteiger partial charge >= 0.3 is 18.6 Å². The lowest BCUT2D eigenvalue weighted by Gasteiger charge is -2.21. The van der Waals surface area contributed by atoms with E-state index in [0.717, 1.165) is 4.90 Å². The third-order valence-corrected chi connectivity index (χ3v) is 3.61. The second-order valence-electron chi connectivity index (χ2n) is 5.57. The summed E-state index contributed by atoms with van der Waals surface area (Å²) in [5, 5.41) is 0. The highest BCUT2D eigenvalue weighted by molar-refractivity contribution is 6.00. The Balaban J connectivity index is 2.10. The molecule has 0 N–H and O–H groups in total. The van der Waals surface area contributed by atoms with E-state index in [0.29, 0.717) is 5.69 Å². The van der Waals surface area contributed by atoms with Gasteiger partial charge in [0, 0.05) is 5.69 Å². The highest BCUT2D eigenvalue weighted by atomic mass is 19.3. The zero-order valence-corrected chi connectivity index (χ0v) is 15.5. The van der Waals surface area contributed by atoms with Crippen LogP contribution in [0.3, 0.4) is 0 Å². The number of ether oxygens (including phenoxy) is 3. The van der Waals surface area contributed by atoms with Crippen molar-refractivity contribution in [1.82, 2.24) is 0 Å². The molecule has 0 unspecified atom stereocenters. The molecule has 9 heteroatoms. The Labute approximate surface area is 165 Å². The number of nitrogens with zero attached hydrogens (tertiary/aromatic N) is 1. The minimum Gasteiger partial charge on any atom is -0.465 e. The van der Waals surface area contributed by atoms with Crippen molar-refractivity contribution in [3.8, 4) is 5.75 Å². The van der Waals surface area contributed by atoms with Crippen LogP contribution in [-0.4, -0.2) is 44.2 Å². The number of halogens is 2. The van der Waals surface area contributed by atoms with Crippen molar-refractivity contribution in [2.24, 2.45) is 0 Å². The third kappa shape index (κ3) is 6.56. The van der Waals surface area contributed by atoms with Crippen molar-refractivity contribution < 1.29 is 37.4 Å². The molecule has 2 aromatic carbocycles. The lowest BCUT2D eigenvalue weighted by Crippen LogP contribution is -2.39. The fourth-order valence-electron chi connectivity index (χ4n) is 2.38. The van der Waals surface area contributed by atoms with Gasteiger partial charge in [-0.3, -0.25) is 14.5 Å². The standard InChI is InChI=1S/C20H19F2NO6/c1-2-27-18(25)12-23(14-8-4-3-5-9-14)17(24)13-28-19(26)15-10-6-7-11-16(15)29-20(21)22/h3-11,20H,2,12-13H2,1H3. The average molecular weight is 407 g/mol. The molecular weight excluding hydrogens is 388 g/mol. The van der Waals surface area contributed by atoms with Crippen molar-refractivity contribution in [2.45, 2.75) is 13.5 Å². The first kappa shape index (κ1) is 21.8. The molecule has 0 radical (unpaired) electrons. The van der Waals surface area contributed by atoms with Gasteiger partial charge in [0.25, 0.3) is 5.91 Å². The molecule has 7 nitrogen and oxygen atoms in total. The van der Waals surface area contributed by atoms with Crippen molar-refractivity contribution >= 4 is 23.5 Å². The molecule has 0 atom stereocenters. The van der Waals surface area contributed by atoms with Crippen LogP contribution in [0.25, 0.3) is 0 Å². The third-order valence-electron chi connectivity index (χ3n) is 3.61. The summed E-state index contributed by atoms with van der Waals surface area (Å²) in [5.74, 6) is -2.71. The molecule has 0 saturated heterocycles. The van der Waals surface area contributed by atoms with Crippen LogP contribution in [0.5, 0.6) is 5.75 Å². The Hall–Kier alpha value is -3.49. The molecule has 0 aromatic heterocycles. The number of esters is 2. The maximum Gasteiger partial charge on any atom is 0.387 e. The lowest BCUT2D eigenvalue weighted by molar-refractivity contribution is -0.142. The van der Waals surface area contributed by atoms with E-state index in [9.17, 15) is 23.2 Å². The molecule has 2 aromatic rings. The Kier molecular flexibility index (Phi) is 8.08. The quantitative estimate of drug-likeness (QED) is 0.595. The first-order valence-corrected chi connectivity index (χ1v) is 8.64. The number of anilines is 1. The summed E-state index contributed by atoms with van der Waals surface area (Å²) < 4.78 is 39.0. The van der Waals surface area contributed by atoms with Crippen LogP contribution in [0.15, 0.2) is 54.6 Å². The summed E-state index contributed by atoms with van der Waals surface area (Å²) in [4.78, 5) is 37.7. The summed E-state index contributed by atoms with van der Waals surface area (Å²) >= 11 is 0. The van der Waals surface area contributed by atoms with Gasteiger partial charge in [-0.2, -0.15) is 8.78 Å². The van der Waals surface area contributed by atoms with E-state index < -0.39 is 31.1 Å². The number of hydrogen-bond acceptors (Lipinski definition) is 6. The van der Waals surface area contributed by atoms with E-state index >= 15 is 0 Å². The maximum atomic E-state index is 12.6. The van der Waals surface area contributed by atoms with E-state index in [1.807, 2.05) is 0 Å². The van der Waals surface area contributed by atoms with Crippen LogP contribution in [0.4, 0.5) is 14.5 Å². The van der Waals surface area contributed by atoms with E-state index in [4.69, 9.17) is 9.47 Å². The van der Waals surface area contributed by atoms with Gasteiger partial charge in [-0.05, 0) is 31.2 Å². The van der Waals surface area contributed by atoms with Gasteiger partial charge in [0.15, 0.2) is 6.61 Å². The predicted octanol–water partition coefficient (Wildman–Crippen LogP) is 3.04. The normalized spacial score (nSPS) is 10.3. The van der Waals surface area contributed by atoms with Gasteiger partial charge in [0.2, 0.25) is 0 Å². The maximum absolute atomic E-state index is 12.6. The van der Waals surface area contributed by atoms with Gasteiger partial charge in [-0.1, -0.05) is 30.3 Å². The number of benzene rings is 2. The fraction of sp³-hybridized carbons (Fsp3) is 0.250. The molecule has 0 bridgehead atoms. The number of alkyl halides is 2. The summed E-state index contributed by atoms with van der Waals surface area (Å²) in [6, 6.07) is 13.5. The minimum atomic E-state index is -3.12. The molecule has 1 amide bonds. The summed E-state index contributed by atoms with van der Waals surface area (Å²) in [6.45, 7) is -2.43. The van der Waals surface area contributed by atoms with Gasteiger partial charge in [-0.15, -0.1) is 0 Å². The molecule has 0 spiro atoms. The topological polar surface area (TPSA) is 82.1 Å². The van der Waals surface area contributed by atoms with Crippen molar-refractivity contribution in [1.29, 1.82) is 0 Å². The second kappa shape index (κ2) is 10.7. The highest BCUT2D eigenvalue weighted by Gasteiger charge is 2.23. The van der Waals surface area contributed by atoms with Crippen LogP contribution in [0, 0.1) is 0 Å². The van der Waals surface area contributed by atoms with E-state index in [1.54, 1.807) is 37.3 Å². The molecule has 0 heterocycles. The van der Waals surface area contributed by atoms with Crippen molar-refractivity contribution in [3.63, 3.8) is 0 Å². The number of amides is 1. The van der Waals surface area contributed by atoms with Crippen LogP contribution < -0.4 is 9.64 Å². The molecule has 154 valence electrons. The SMILES string of the molecule is CCOC(=O)CN(C(=O)COC(=O)c1ccccc1OC(F)F)c1ccccc1. The Morgan fingerprint density at radius 2 is 1.62 bits per heavy atom. The van der Waals surface area contributed by atoms with E-state index in [-0.39, 0.29) is 24.5 Å². The first-order chi connectivity index (χ1) is 13.9. The number of carbonyl (C=O) groups excluding carboxylic acids is 3. The van der Waals surface area contributed by atoms with Crippen LogP contribution in [-0.2, 0) is 19.1 Å². The fourth-order valence-corrected chi connectivity index (χ4v) is 2.38. The monoisotopic (exact) mass is 407 g/mol. The lowest BCUT2D eigenvalue weighted by atomic mass is 10.2. The Bertz CT molecular complexity index is 844. The zero-order chi connectivity index (χ0) is 21.2. The smallest absolute Gasteiger partial charge is 0.387 e. The van der Waals surface area contributed by atoms with Gasteiger partial charge < -0.3 is 14.2 Å². The number of hydrogen-bond donors (Lipinski definition) is 0. The summed E-state index contributed by atoms with van der Waals surface area (Å²) in [5.41, 5.74) is 0.153. The molecule has 0 aliphatic carbocycles. The largest absolute Gasteiger partial charge is 0.465 e. The predicted molar refractivity (Wildman–Crippen MR) is 98.8 cm³/mol. The van der Waals surface area contributed by atoms with Crippen LogP contribution >= 0.6 is 0 Å². The second-order valence-corrected chi connectivity index (χ2v) is 5.57. The van der Waals surface area contributed by atoms with Gasteiger partial charge in [0.1, 0.15) is 17.9 Å². The van der Waals surface area contributed by atoms with Gasteiger partial charge in [0.05, 0.1) is 6.61 Å². The van der Waals surface area contributed by atoms with E-state index in [2.05, 4.69) is 4.74 Å². The minimum absolute atomic E-state index is 0.144. The molecule has 0 aliphatic heterocycles. The number of rotatable bonds is 9. The molecular formula is C20H19F2NO6. The molecule has 0 saturated carbocycles. The summed E-state index contributed by atoms with van der Waals surface area (Å²) in [6.07, 6.45) is 0.